The smallest absolute Gasteiger partial charge is 0.305 e. The maximum atomic E-state index is 11.2. The molecule has 0 saturated carbocycles. The van der Waals surface area contributed by atoms with Crippen molar-refractivity contribution in [1.82, 2.24) is 15.0 Å². The van der Waals surface area contributed by atoms with Crippen molar-refractivity contribution in [3.63, 3.8) is 0 Å². The van der Waals surface area contributed by atoms with Crippen LogP contribution in [0.25, 0.3) is 22.2 Å². The molecule has 0 aliphatic carbocycles. The van der Waals surface area contributed by atoms with Gasteiger partial charge in [0.25, 0.3) is 0 Å². The maximum absolute atomic E-state index is 11.2. The summed E-state index contributed by atoms with van der Waals surface area (Å²) in [7, 11) is 0. The summed E-state index contributed by atoms with van der Waals surface area (Å²) >= 11 is 0. The van der Waals surface area contributed by atoms with Gasteiger partial charge in [0.2, 0.25) is 0 Å². The molecule has 88 valence electrons. The maximum Gasteiger partial charge on any atom is 0.345 e. The molecule has 4 heteroatoms. The number of H-pyrrole nitrogens is 1. The predicted octanol–water partition coefficient (Wildman–Crippen LogP) is 2.29. The summed E-state index contributed by atoms with van der Waals surface area (Å²) < 4.78 is 0. The van der Waals surface area contributed by atoms with E-state index in [4.69, 9.17) is 0 Å². The zero-order valence-electron chi connectivity index (χ0n) is 9.84. The number of hydrogen-bond acceptors (Lipinski definition) is 3. The van der Waals surface area contributed by atoms with Crippen LogP contribution in [-0.2, 0) is 0 Å². The molecule has 1 N–H and O–H groups in total. The van der Waals surface area contributed by atoms with Crippen molar-refractivity contribution in [2.75, 3.05) is 0 Å². The zero-order valence-corrected chi connectivity index (χ0v) is 9.84. The highest BCUT2D eigenvalue weighted by Crippen LogP contribution is 2.21. The second kappa shape index (κ2) is 4.07. The van der Waals surface area contributed by atoms with Crippen LogP contribution in [0.2, 0.25) is 0 Å². The first-order chi connectivity index (χ1) is 8.72. The Kier molecular flexibility index (Phi) is 2.41. The van der Waals surface area contributed by atoms with Gasteiger partial charge in [-0.05, 0) is 36.8 Å². The molecule has 0 atom stereocenters. The standard InChI is InChI=1S/C14H11N3O/c1-9-2-3-10-8-11(4-5-12(10)16-9)13-6-7-15-14(18)17-13/h2-8H,1H3,(H,15,17,18). The molecule has 4 nitrogen and oxygen atoms in total. The second-order valence-electron chi connectivity index (χ2n) is 4.15. The molecule has 3 rings (SSSR count). The van der Waals surface area contributed by atoms with Crippen molar-refractivity contribution in [2.45, 2.75) is 6.92 Å². The summed E-state index contributed by atoms with van der Waals surface area (Å²) in [5.74, 6) is 0. The number of aryl methyl sites for hydroxylation is 1. The number of benzene rings is 1. The Balaban J connectivity index is 2.19. The Labute approximate surface area is 103 Å². The minimum absolute atomic E-state index is 0.338. The Morgan fingerprint density at radius 3 is 2.83 bits per heavy atom. The average molecular weight is 237 g/mol. The summed E-state index contributed by atoms with van der Waals surface area (Å²) in [5, 5.41) is 1.05. The predicted molar refractivity (Wildman–Crippen MR) is 70.3 cm³/mol. The van der Waals surface area contributed by atoms with Crippen LogP contribution in [0.1, 0.15) is 5.69 Å². The van der Waals surface area contributed by atoms with Crippen molar-refractivity contribution < 1.29 is 0 Å². The van der Waals surface area contributed by atoms with E-state index in [2.05, 4.69) is 15.0 Å². The highest BCUT2D eigenvalue weighted by Gasteiger charge is 2.01. The third kappa shape index (κ3) is 1.88. The average Bonchev–Trinajstić information content (AvgIpc) is 2.38. The number of pyridine rings is 1. The van der Waals surface area contributed by atoms with Gasteiger partial charge in [-0.15, -0.1) is 0 Å². The van der Waals surface area contributed by atoms with E-state index in [1.165, 1.54) is 6.20 Å². The topological polar surface area (TPSA) is 58.6 Å². The van der Waals surface area contributed by atoms with Crippen LogP contribution >= 0.6 is 0 Å². The fraction of sp³-hybridized carbons (Fsp3) is 0.0714. The molecule has 1 aromatic carbocycles. The normalized spacial score (nSPS) is 10.7. The fourth-order valence-corrected chi connectivity index (χ4v) is 1.93. The SMILES string of the molecule is Cc1ccc2cc(-c3ccnc(=O)[nH]3)ccc2n1. The van der Waals surface area contributed by atoms with Crippen molar-refractivity contribution in [2.24, 2.45) is 0 Å². The monoisotopic (exact) mass is 237 g/mol. The van der Waals surface area contributed by atoms with E-state index >= 15 is 0 Å². The number of fused-ring (bicyclic) bond motifs is 1. The van der Waals surface area contributed by atoms with Crippen LogP contribution in [0, 0.1) is 6.92 Å². The minimum atomic E-state index is -0.338. The summed E-state index contributed by atoms with van der Waals surface area (Å²) in [6, 6.07) is 11.7. The second-order valence-corrected chi connectivity index (χ2v) is 4.15. The lowest BCUT2D eigenvalue weighted by Crippen LogP contribution is -2.09. The number of aromatic amines is 1. The molecule has 0 spiro atoms. The van der Waals surface area contributed by atoms with Gasteiger partial charge in [0, 0.05) is 17.3 Å². The van der Waals surface area contributed by atoms with Crippen molar-refractivity contribution in [1.29, 1.82) is 0 Å². The molecule has 2 aromatic heterocycles. The van der Waals surface area contributed by atoms with Gasteiger partial charge in [-0.2, -0.15) is 0 Å². The van der Waals surface area contributed by atoms with Crippen LogP contribution in [0.4, 0.5) is 0 Å². The first kappa shape index (κ1) is 10.7. The van der Waals surface area contributed by atoms with Crippen molar-refractivity contribution in [3.05, 3.63) is 58.8 Å². The van der Waals surface area contributed by atoms with Gasteiger partial charge in [0.05, 0.1) is 11.2 Å². The van der Waals surface area contributed by atoms with Crippen LogP contribution < -0.4 is 5.69 Å². The summed E-state index contributed by atoms with van der Waals surface area (Å²) in [6.07, 6.45) is 1.51. The van der Waals surface area contributed by atoms with Crippen molar-refractivity contribution in [3.8, 4) is 11.3 Å². The van der Waals surface area contributed by atoms with Gasteiger partial charge in [-0.25, -0.2) is 9.78 Å². The Bertz CT molecular complexity index is 777. The van der Waals surface area contributed by atoms with Crippen LogP contribution in [0.5, 0.6) is 0 Å². The Morgan fingerprint density at radius 2 is 2.00 bits per heavy atom. The molecule has 0 saturated heterocycles. The third-order valence-electron chi connectivity index (χ3n) is 2.81. The van der Waals surface area contributed by atoms with E-state index in [9.17, 15) is 4.79 Å². The number of nitrogens with zero attached hydrogens (tertiary/aromatic N) is 2. The molecule has 0 fully saturated rings. The zero-order chi connectivity index (χ0) is 12.5. The largest absolute Gasteiger partial charge is 0.345 e. The van der Waals surface area contributed by atoms with Gasteiger partial charge < -0.3 is 4.98 Å². The molecule has 18 heavy (non-hydrogen) atoms. The van der Waals surface area contributed by atoms with E-state index in [-0.39, 0.29) is 5.69 Å². The molecule has 0 bridgehead atoms. The number of hydrogen-bond donors (Lipinski definition) is 1. The van der Waals surface area contributed by atoms with E-state index < -0.39 is 0 Å². The highest BCUT2D eigenvalue weighted by molar-refractivity contribution is 5.83. The molecule has 3 aromatic rings. The summed E-state index contributed by atoms with van der Waals surface area (Å²) in [5.41, 5.74) is 3.32. The summed E-state index contributed by atoms with van der Waals surface area (Å²) in [4.78, 5) is 22.0. The number of aromatic nitrogens is 3. The van der Waals surface area contributed by atoms with Gasteiger partial charge in [-0.1, -0.05) is 12.1 Å². The Hall–Kier alpha value is -2.49. The van der Waals surface area contributed by atoms with Crippen LogP contribution in [0.15, 0.2) is 47.4 Å². The highest BCUT2D eigenvalue weighted by atomic mass is 16.1. The Morgan fingerprint density at radius 1 is 1.11 bits per heavy atom. The quantitative estimate of drug-likeness (QED) is 0.706. The van der Waals surface area contributed by atoms with E-state index in [1.54, 1.807) is 6.07 Å². The first-order valence-electron chi connectivity index (χ1n) is 5.65. The minimum Gasteiger partial charge on any atom is -0.305 e. The first-order valence-corrected chi connectivity index (χ1v) is 5.65. The number of rotatable bonds is 1. The molecule has 0 aliphatic rings. The van der Waals surface area contributed by atoms with Gasteiger partial charge in [-0.3, -0.25) is 4.98 Å². The van der Waals surface area contributed by atoms with E-state index in [1.807, 2.05) is 37.3 Å². The third-order valence-corrected chi connectivity index (χ3v) is 2.81. The van der Waals surface area contributed by atoms with Gasteiger partial charge in [0.1, 0.15) is 0 Å². The van der Waals surface area contributed by atoms with Gasteiger partial charge in [0.15, 0.2) is 0 Å². The van der Waals surface area contributed by atoms with Crippen LogP contribution in [-0.4, -0.2) is 15.0 Å². The molecular weight excluding hydrogens is 226 g/mol. The van der Waals surface area contributed by atoms with Crippen molar-refractivity contribution >= 4 is 10.9 Å². The molecule has 2 heterocycles. The van der Waals surface area contributed by atoms with E-state index in [0.717, 1.165) is 27.9 Å². The molecule has 0 radical (unpaired) electrons. The summed E-state index contributed by atoms with van der Waals surface area (Å²) in [6.45, 7) is 1.97. The fourth-order valence-electron chi connectivity index (χ4n) is 1.93. The van der Waals surface area contributed by atoms with Gasteiger partial charge >= 0.3 is 5.69 Å². The number of nitrogens with one attached hydrogen (secondary N) is 1. The van der Waals surface area contributed by atoms with E-state index in [0.29, 0.717) is 0 Å². The lowest BCUT2D eigenvalue weighted by Gasteiger charge is -2.03. The molecule has 0 aliphatic heterocycles. The lowest BCUT2D eigenvalue weighted by atomic mass is 10.1. The molecule has 0 unspecified atom stereocenters. The molecular formula is C14H11N3O. The molecule has 0 amide bonds. The van der Waals surface area contributed by atoms with Crippen LogP contribution in [0.3, 0.4) is 0 Å². The lowest BCUT2D eigenvalue weighted by molar-refractivity contribution is 1.08.